The van der Waals surface area contributed by atoms with Crippen molar-refractivity contribution in [2.45, 2.75) is 19.6 Å². The van der Waals surface area contributed by atoms with Crippen molar-refractivity contribution >= 4 is 15.9 Å². The number of hydrogen-bond donors (Lipinski definition) is 2. The number of methoxy groups -OCH3 is 1. The van der Waals surface area contributed by atoms with Crippen LogP contribution in [0.2, 0.25) is 0 Å². The molecule has 0 saturated carbocycles. The van der Waals surface area contributed by atoms with Crippen molar-refractivity contribution in [3.63, 3.8) is 0 Å². The zero-order valence-corrected chi connectivity index (χ0v) is 13.4. The zero-order chi connectivity index (χ0) is 15.4. The van der Waals surface area contributed by atoms with Gasteiger partial charge in [0.25, 0.3) is 0 Å². The Morgan fingerprint density at radius 1 is 1.14 bits per heavy atom. The lowest BCUT2D eigenvalue weighted by molar-refractivity contribution is 0.198. The SMILES string of the molecule is COc1cc(CO)ccc1Oc1ccc([C@@H](C)O)c(Br)c1. The maximum atomic E-state index is 9.61. The molecule has 0 heterocycles. The summed E-state index contributed by atoms with van der Waals surface area (Å²) in [4.78, 5) is 0. The highest BCUT2D eigenvalue weighted by Crippen LogP contribution is 2.35. The number of ether oxygens (including phenoxy) is 2. The van der Waals surface area contributed by atoms with E-state index in [0.29, 0.717) is 17.2 Å². The number of aliphatic hydroxyl groups is 2. The monoisotopic (exact) mass is 352 g/mol. The van der Waals surface area contributed by atoms with Gasteiger partial charge in [0.2, 0.25) is 0 Å². The van der Waals surface area contributed by atoms with Gasteiger partial charge in [-0.3, -0.25) is 0 Å². The highest BCUT2D eigenvalue weighted by Gasteiger charge is 2.10. The van der Waals surface area contributed by atoms with Crippen LogP contribution in [-0.4, -0.2) is 17.3 Å². The number of hydrogen-bond acceptors (Lipinski definition) is 4. The molecule has 2 rings (SSSR count). The summed E-state index contributed by atoms with van der Waals surface area (Å²) in [5.74, 6) is 1.74. The van der Waals surface area contributed by atoms with Gasteiger partial charge in [-0.05, 0) is 42.3 Å². The molecule has 2 aromatic carbocycles. The van der Waals surface area contributed by atoms with Crippen molar-refractivity contribution in [2.75, 3.05) is 7.11 Å². The average Bonchev–Trinajstić information content (AvgIpc) is 2.47. The van der Waals surface area contributed by atoms with Crippen LogP contribution in [0.5, 0.6) is 17.2 Å². The summed E-state index contributed by atoms with van der Waals surface area (Å²) < 4.78 is 11.8. The first kappa shape index (κ1) is 15.8. The molecule has 0 spiro atoms. The second kappa shape index (κ2) is 6.93. The van der Waals surface area contributed by atoms with E-state index in [1.54, 1.807) is 50.4 Å². The van der Waals surface area contributed by atoms with E-state index in [2.05, 4.69) is 15.9 Å². The third-order valence-corrected chi connectivity index (χ3v) is 3.75. The second-order valence-electron chi connectivity index (χ2n) is 4.60. The van der Waals surface area contributed by atoms with E-state index in [9.17, 15) is 5.11 Å². The molecule has 0 radical (unpaired) electrons. The molecule has 112 valence electrons. The lowest BCUT2D eigenvalue weighted by atomic mass is 10.1. The highest BCUT2D eigenvalue weighted by atomic mass is 79.9. The quantitative estimate of drug-likeness (QED) is 0.859. The van der Waals surface area contributed by atoms with Gasteiger partial charge in [-0.1, -0.05) is 28.1 Å². The average molecular weight is 353 g/mol. The third kappa shape index (κ3) is 3.75. The van der Waals surface area contributed by atoms with E-state index < -0.39 is 6.10 Å². The number of benzene rings is 2. The summed E-state index contributed by atoms with van der Waals surface area (Å²) in [5.41, 5.74) is 1.55. The van der Waals surface area contributed by atoms with Gasteiger partial charge in [-0.15, -0.1) is 0 Å². The molecule has 0 aliphatic heterocycles. The van der Waals surface area contributed by atoms with Crippen LogP contribution in [-0.2, 0) is 6.61 Å². The molecule has 0 fully saturated rings. The third-order valence-electron chi connectivity index (χ3n) is 3.06. The molecule has 5 heteroatoms. The highest BCUT2D eigenvalue weighted by molar-refractivity contribution is 9.10. The van der Waals surface area contributed by atoms with Crippen LogP contribution >= 0.6 is 15.9 Å². The molecular weight excluding hydrogens is 336 g/mol. The first-order valence-electron chi connectivity index (χ1n) is 6.48. The van der Waals surface area contributed by atoms with Gasteiger partial charge in [0.15, 0.2) is 11.5 Å². The fraction of sp³-hybridized carbons (Fsp3) is 0.250. The van der Waals surface area contributed by atoms with Crippen molar-refractivity contribution in [1.82, 2.24) is 0 Å². The summed E-state index contributed by atoms with van der Waals surface area (Å²) in [7, 11) is 1.55. The zero-order valence-electron chi connectivity index (χ0n) is 11.8. The standard InChI is InChI=1S/C16H17BrO4/c1-10(19)13-5-4-12(8-14(13)17)21-15-6-3-11(9-18)7-16(15)20-2/h3-8,10,18-19H,9H2,1-2H3/t10-/m1/s1. The lowest BCUT2D eigenvalue weighted by Gasteiger charge is -2.13. The fourth-order valence-electron chi connectivity index (χ4n) is 1.93. The van der Waals surface area contributed by atoms with E-state index in [1.807, 2.05) is 0 Å². The van der Waals surface area contributed by atoms with Gasteiger partial charge in [-0.2, -0.15) is 0 Å². The molecular formula is C16H17BrO4. The van der Waals surface area contributed by atoms with Gasteiger partial charge in [0, 0.05) is 4.47 Å². The minimum atomic E-state index is -0.549. The Labute approximate surface area is 132 Å². The largest absolute Gasteiger partial charge is 0.493 e. The Hall–Kier alpha value is -1.56. The molecule has 2 aromatic rings. The smallest absolute Gasteiger partial charge is 0.169 e. The molecule has 21 heavy (non-hydrogen) atoms. The molecule has 0 aliphatic carbocycles. The number of halogens is 1. The van der Waals surface area contributed by atoms with E-state index in [4.69, 9.17) is 14.6 Å². The minimum Gasteiger partial charge on any atom is -0.493 e. The summed E-state index contributed by atoms with van der Waals surface area (Å²) >= 11 is 3.42. The van der Waals surface area contributed by atoms with E-state index in [-0.39, 0.29) is 6.61 Å². The second-order valence-corrected chi connectivity index (χ2v) is 5.46. The lowest BCUT2D eigenvalue weighted by Crippen LogP contribution is -1.95. The summed E-state index contributed by atoms with van der Waals surface area (Å²) in [6, 6.07) is 10.6. The summed E-state index contributed by atoms with van der Waals surface area (Å²) in [6.07, 6.45) is -0.549. The van der Waals surface area contributed by atoms with Crippen LogP contribution < -0.4 is 9.47 Å². The predicted molar refractivity (Wildman–Crippen MR) is 83.8 cm³/mol. The van der Waals surface area contributed by atoms with Crippen molar-refractivity contribution in [3.05, 3.63) is 52.0 Å². The van der Waals surface area contributed by atoms with Crippen molar-refractivity contribution < 1.29 is 19.7 Å². The van der Waals surface area contributed by atoms with Crippen LogP contribution in [0, 0.1) is 0 Å². The normalized spacial score (nSPS) is 12.0. The van der Waals surface area contributed by atoms with Gasteiger partial charge >= 0.3 is 0 Å². The molecule has 0 aromatic heterocycles. The summed E-state index contributed by atoms with van der Waals surface area (Å²) in [5, 5.41) is 18.7. The fourth-order valence-corrected chi connectivity index (χ4v) is 2.62. The molecule has 0 amide bonds. The molecule has 0 unspecified atom stereocenters. The maximum Gasteiger partial charge on any atom is 0.169 e. The van der Waals surface area contributed by atoms with Crippen molar-refractivity contribution in [3.8, 4) is 17.2 Å². The molecule has 1 atom stereocenters. The Morgan fingerprint density at radius 3 is 2.48 bits per heavy atom. The predicted octanol–water partition coefficient (Wildman–Crippen LogP) is 3.80. The first-order chi connectivity index (χ1) is 10.0. The van der Waals surface area contributed by atoms with Crippen LogP contribution in [0.3, 0.4) is 0 Å². The molecule has 0 bridgehead atoms. The minimum absolute atomic E-state index is 0.0503. The molecule has 0 saturated heterocycles. The number of rotatable bonds is 5. The van der Waals surface area contributed by atoms with Crippen LogP contribution in [0.25, 0.3) is 0 Å². The Bertz CT molecular complexity index is 626. The number of aliphatic hydroxyl groups excluding tert-OH is 2. The van der Waals surface area contributed by atoms with E-state index in [0.717, 1.165) is 15.6 Å². The van der Waals surface area contributed by atoms with E-state index >= 15 is 0 Å². The van der Waals surface area contributed by atoms with Crippen molar-refractivity contribution in [1.29, 1.82) is 0 Å². The first-order valence-corrected chi connectivity index (χ1v) is 7.27. The van der Waals surface area contributed by atoms with Crippen molar-refractivity contribution in [2.24, 2.45) is 0 Å². The topological polar surface area (TPSA) is 58.9 Å². The molecule has 0 aliphatic rings. The molecule has 4 nitrogen and oxygen atoms in total. The molecule has 2 N–H and O–H groups in total. The summed E-state index contributed by atoms with van der Waals surface area (Å²) in [6.45, 7) is 1.66. The Kier molecular flexibility index (Phi) is 5.22. The van der Waals surface area contributed by atoms with Crippen LogP contribution in [0.4, 0.5) is 0 Å². The Morgan fingerprint density at radius 2 is 1.90 bits per heavy atom. The van der Waals surface area contributed by atoms with Gasteiger partial charge in [-0.25, -0.2) is 0 Å². The van der Waals surface area contributed by atoms with Crippen LogP contribution in [0.1, 0.15) is 24.2 Å². The van der Waals surface area contributed by atoms with Gasteiger partial charge in [0.1, 0.15) is 5.75 Å². The van der Waals surface area contributed by atoms with Gasteiger partial charge in [0.05, 0.1) is 19.8 Å². The maximum absolute atomic E-state index is 9.61. The Balaban J connectivity index is 2.28. The van der Waals surface area contributed by atoms with Gasteiger partial charge < -0.3 is 19.7 Å². The van der Waals surface area contributed by atoms with E-state index in [1.165, 1.54) is 0 Å². The van der Waals surface area contributed by atoms with Crippen LogP contribution in [0.15, 0.2) is 40.9 Å².